The molecule has 2 aromatic heterocycles. The molecule has 0 amide bonds. The second kappa shape index (κ2) is 9.02. The van der Waals surface area contributed by atoms with Gasteiger partial charge in [0.2, 0.25) is 0 Å². The van der Waals surface area contributed by atoms with Crippen molar-refractivity contribution in [2.75, 3.05) is 6.61 Å². The second-order valence-electron chi connectivity index (χ2n) is 6.41. The minimum atomic E-state index is -5.70. The number of aromatic amines is 1. The van der Waals surface area contributed by atoms with Gasteiger partial charge in [-0.2, -0.15) is 8.62 Å². The lowest BCUT2D eigenvalue weighted by Gasteiger charge is -2.19. The van der Waals surface area contributed by atoms with Crippen molar-refractivity contribution in [1.29, 1.82) is 0 Å². The number of fused-ring (bicyclic) bond motifs is 1. The fraction of sp³-hybridized carbons (Fsp3) is 0.545. The molecule has 3 rings (SSSR count). The van der Waals surface area contributed by atoms with Crippen molar-refractivity contribution in [3.05, 3.63) is 16.8 Å². The molecule has 0 bridgehead atoms. The van der Waals surface area contributed by atoms with Gasteiger partial charge in [0.15, 0.2) is 11.9 Å². The van der Waals surface area contributed by atoms with E-state index in [1.165, 1.54) is 10.9 Å². The zero-order valence-corrected chi connectivity index (χ0v) is 19.2. The average molecular weight is 538 g/mol. The minimum absolute atomic E-state index is 0.219. The summed E-state index contributed by atoms with van der Waals surface area (Å²) in [6, 6.07) is 0. The number of aryl methyl sites for hydroxylation is 1. The van der Waals surface area contributed by atoms with Crippen LogP contribution in [0.2, 0.25) is 0 Å². The van der Waals surface area contributed by atoms with Gasteiger partial charge in [-0.3, -0.25) is 9.09 Å². The molecule has 1 saturated heterocycles. The molecule has 1 aliphatic heterocycles. The van der Waals surface area contributed by atoms with E-state index >= 15 is 0 Å². The molecule has 180 valence electrons. The Morgan fingerprint density at radius 2 is 1.81 bits per heavy atom. The van der Waals surface area contributed by atoms with Crippen molar-refractivity contribution in [2.45, 2.75) is 31.5 Å². The molecule has 0 saturated carbocycles. The predicted octanol–water partition coefficient (Wildman–Crippen LogP) is -0.240. The molecule has 3 unspecified atom stereocenters. The topological polar surface area (TPSA) is 256 Å². The summed E-state index contributed by atoms with van der Waals surface area (Å²) in [5.41, 5.74) is 0.503. The van der Waals surface area contributed by atoms with Crippen LogP contribution < -0.4 is 0 Å². The largest absolute Gasteiger partial charge is 0.490 e. The fourth-order valence-corrected chi connectivity index (χ4v) is 6.11. The maximum absolute atomic E-state index is 11.8. The summed E-state index contributed by atoms with van der Waals surface area (Å²) in [4.78, 5) is 46.7. The van der Waals surface area contributed by atoms with Crippen LogP contribution in [-0.2, 0) is 31.6 Å². The number of aromatic nitrogens is 4. The molecule has 0 spiro atoms. The molecule has 2 aromatic rings. The van der Waals surface area contributed by atoms with Crippen molar-refractivity contribution in [1.82, 2.24) is 19.5 Å². The minimum Gasteiger partial charge on any atom is -0.387 e. The third kappa shape index (κ3) is 5.94. The number of phosphoric acid groups is 3. The van der Waals surface area contributed by atoms with E-state index in [9.17, 15) is 28.8 Å². The van der Waals surface area contributed by atoms with Gasteiger partial charge in [-0.1, -0.05) is 12.2 Å². The van der Waals surface area contributed by atoms with Gasteiger partial charge in [0.25, 0.3) is 0 Å². The highest BCUT2D eigenvalue weighted by atomic mass is 32.1. The number of ether oxygens (including phenoxy) is 1. The van der Waals surface area contributed by atoms with Crippen molar-refractivity contribution < 1.29 is 61.4 Å². The van der Waals surface area contributed by atoms with Gasteiger partial charge in [-0.25, -0.2) is 23.7 Å². The molecule has 3 heterocycles. The van der Waals surface area contributed by atoms with Gasteiger partial charge < -0.3 is 39.5 Å². The number of hydrogen-bond acceptors (Lipinski definition) is 12. The van der Waals surface area contributed by atoms with Crippen LogP contribution in [0.15, 0.2) is 6.33 Å². The number of H-pyrrole nitrogens is 1. The van der Waals surface area contributed by atoms with Gasteiger partial charge in [0.1, 0.15) is 34.3 Å². The first-order valence-corrected chi connectivity index (χ1v) is 13.2. The molecule has 21 heteroatoms. The lowest BCUT2D eigenvalue weighted by Crippen LogP contribution is -2.33. The normalized spacial score (nSPS) is 28.0. The molecule has 32 heavy (non-hydrogen) atoms. The third-order valence-corrected chi connectivity index (χ3v) is 8.08. The van der Waals surface area contributed by atoms with Crippen LogP contribution in [0.4, 0.5) is 0 Å². The molecule has 0 radical (unpaired) electrons. The first-order valence-electron chi connectivity index (χ1n) is 8.32. The summed E-state index contributed by atoms with van der Waals surface area (Å²) < 4.78 is 52.4. The Hall–Kier alpha value is -0.940. The molecule has 0 aliphatic carbocycles. The smallest absolute Gasteiger partial charge is 0.387 e. The number of nitrogens with zero attached hydrogens (tertiary/aromatic N) is 3. The fourth-order valence-electron chi connectivity index (χ4n) is 2.79. The van der Waals surface area contributed by atoms with Crippen LogP contribution in [0.3, 0.4) is 0 Å². The Bertz CT molecular complexity index is 1210. The van der Waals surface area contributed by atoms with E-state index in [0.29, 0.717) is 5.82 Å². The Balaban J connectivity index is 1.72. The van der Waals surface area contributed by atoms with Crippen molar-refractivity contribution in [3.8, 4) is 0 Å². The third-order valence-electron chi connectivity index (χ3n) is 3.98. The van der Waals surface area contributed by atoms with Gasteiger partial charge in [-0.05, 0) is 6.92 Å². The van der Waals surface area contributed by atoms with E-state index < -0.39 is 54.6 Å². The number of nitrogens with one attached hydrogen (secondary N) is 1. The maximum Gasteiger partial charge on any atom is 0.490 e. The molecule has 1 fully saturated rings. The Morgan fingerprint density at radius 3 is 2.44 bits per heavy atom. The summed E-state index contributed by atoms with van der Waals surface area (Å²) in [5, 5.41) is 20.6. The van der Waals surface area contributed by atoms with Crippen LogP contribution in [-0.4, -0.2) is 74.2 Å². The highest BCUT2D eigenvalue weighted by Gasteiger charge is 2.47. The predicted molar refractivity (Wildman–Crippen MR) is 103 cm³/mol. The maximum atomic E-state index is 11.8. The Labute approximate surface area is 183 Å². The molecule has 0 aromatic carbocycles. The molecular weight excluding hydrogens is 521 g/mol. The zero-order chi connectivity index (χ0) is 24.1. The first-order chi connectivity index (χ1) is 14.6. The van der Waals surface area contributed by atoms with Crippen LogP contribution >= 0.6 is 35.7 Å². The van der Waals surface area contributed by atoms with Gasteiger partial charge in [0, 0.05) is 0 Å². The van der Waals surface area contributed by atoms with E-state index in [2.05, 4.69) is 28.1 Å². The van der Waals surface area contributed by atoms with E-state index in [0.717, 1.165) is 0 Å². The summed E-state index contributed by atoms with van der Waals surface area (Å²) >= 11 is 5.14. The lowest BCUT2D eigenvalue weighted by atomic mass is 10.1. The van der Waals surface area contributed by atoms with Gasteiger partial charge in [0.05, 0.1) is 12.9 Å². The summed E-state index contributed by atoms with van der Waals surface area (Å²) in [7, 11) is -16.7. The number of imidazole rings is 1. The average Bonchev–Trinajstić information content (AvgIpc) is 3.12. The highest BCUT2D eigenvalue weighted by molar-refractivity contribution is 7.71. The van der Waals surface area contributed by atoms with Crippen molar-refractivity contribution in [2.24, 2.45) is 0 Å². The zero-order valence-electron chi connectivity index (χ0n) is 15.7. The van der Waals surface area contributed by atoms with Crippen LogP contribution in [0.25, 0.3) is 11.2 Å². The van der Waals surface area contributed by atoms with Crippen LogP contribution in [0, 0.1) is 11.6 Å². The number of rotatable bonds is 8. The quantitative estimate of drug-likeness (QED) is 0.169. The molecule has 1 aliphatic rings. The van der Waals surface area contributed by atoms with Gasteiger partial charge in [-0.15, -0.1) is 0 Å². The Kier molecular flexibility index (Phi) is 7.24. The second-order valence-corrected chi connectivity index (χ2v) is 11.2. The van der Waals surface area contributed by atoms with Gasteiger partial charge >= 0.3 is 23.5 Å². The van der Waals surface area contributed by atoms with Crippen molar-refractivity contribution >= 4 is 46.8 Å². The van der Waals surface area contributed by atoms with E-state index in [-0.39, 0.29) is 15.8 Å². The van der Waals surface area contributed by atoms with E-state index in [1.807, 2.05) is 0 Å². The summed E-state index contributed by atoms with van der Waals surface area (Å²) in [5.74, 6) is 0.432. The molecule has 7 N–H and O–H groups in total. The standard InChI is InChI=1S/C11H17N4O13P3S/c1-4-13-9-6(10(32)14-4)12-3-15(9)11-8(17)7(16)5(26-11)2-25-30(21,22)28-31(23,24)27-29(18,19)20/h3,5,7-8,11,16-17H,2H2,1H3,(H,21,22)(H,23,24)(H,13,14,32)(H2,18,19,20)/t5-,7+,8?,11-/m1/s1. The van der Waals surface area contributed by atoms with E-state index in [1.54, 1.807) is 6.92 Å². The highest BCUT2D eigenvalue weighted by Crippen LogP contribution is 2.66. The number of hydrogen-bond donors (Lipinski definition) is 7. The van der Waals surface area contributed by atoms with E-state index in [4.69, 9.17) is 31.6 Å². The summed E-state index contributed by atoms with van der Waals surface area (Å²) in [6.07, 6.45) is -4.72. The lowest BCUT2D eigenvalue weighted by molar-refractivity contribution is -0.0503. The monoisotopic (exact) mass is 538 g/mol. The number of aliphatic hydroxyl groups is 2. The summed E-state index contributed by atoms with van der Waals surface area (Å²) in [6.45, 7) is 0.677. The number of aliphatic hydroxyl groups excluding tert-OH is 2. The SMILES string of the molecule is Cc1nc2c(ncn2[C@@H]2O[C@H](COP(=O)(O)OP(=O)(O)OP(=O)(O)O)[C@H](O)C2O)c(=S)[nH]1. The Morgan fingerprint density at radius 1 is 1.16 bits per heavy atom. The molecule has 17 nitrogen and oxygen atoms in total. The van der Waals surface area contributed by atoms with Crippen LogP contribution in [0.5, 0.6) is 0 Å². The van der Waals surface area contributed by atoms with Crippen LogP contribution in [0.1, 0.15) is 12.1 Å². The molecular formula is C11H17N4O13P3S. The molecule has 6 atom stereocenters. The first kappa shape index (κ1) is 25.7. The number of phosphoric ester groups is 1. The van der Waals surface area contributed by atoms with Crippen molar-refractivity contribution in [3.63, 3.8) is 0 Å².